The van der Waals surface area contributed by atoms with Crippen molar-refractivity contribution in [2.24, 2.45) is 11.8 Å². The molecule has 0 aromatic carbocycles. The van der Waals surface area contributed by atoms with E-state index in [9.17, 15) is 4.79 Å². The normalized spacial score (nSPS) is 25.0. The summed E-state index contributed by atoms with van der Waals surface area (Å²) in [6.07, 6.45) is 4.81. The molecule has 1 aromatic rings. The van der Waals surface area contributed by atoms with Gasteiger partial charge in [-0.3, -0.25) is 4.79 Å². The van der Waals surface area contributed by atoms with E-state index in [4.69, 9.17) is 9.47 Å². The zero-order valence-corrected chi connectivity index (χ0v) is 15.2. The van der Waals surface area contributed by atoms with Crippen LogP contribution < -0.4 is 10.1 Å². The van der Waals surface area contributed by atoms with Crippen LogP contribution >= 0.6 is 0 Å². The molecule has 0 saturated carbocycles. The van der Waals surface area contributed by atoms with Crippen LogP contribution in [0.15, 0.2) is 18.3 Å². The Morgan fingerprint density at radius 2 is 2.20 bits per heavy atom. The average molecular weight is 347 g/mol. The number of piperidine rings is 1. The van der Waals surface area contributed by atoms with Crippen molar-refractivity contribution in [3.05, 3.63) is 23.9 Å². The number of carbonyl (C=O) groups is 1. The van der Waals surface area contributed by atoms with Crippen molar-refractivity contribution in [2.75, 3.05) is 33.4 Å². The van der Waals surface area contributed by atoms with Crippen LogP contribution in [0.5, 0.6) is 5.88 Å². The van der Waals surface area contributed by atoms with Crippen LogP contribution in [0.4, 0.5) is 0 Å². The van der Waals surface area contributed by atoms with Crippen LogP contribution in [-0.4, -0.2) is 55.2 Å². The van der Waals surface area contributed by atoms with Gasteiger partial charge in [-0.25, -0.2) is 4.98 Å². The summed E-state index contributed by atoms with van der Waals surface area (Å²) in [6.45, 7) is 5.80. The first-order valence-electron chi connectivity index (χ1n) is 9.33. The van der Waals surface area contributed by atoms with Crippen molar-refractivity contribution in [1.82, 2.24) is 15.2 Å². The number of hydrogen-bond donors (Lipinski definition) is 1. The van der Waals surface area contributed by atoms with E-state index in [1.807, 2.05) is 19.1 Å². The van der Waals surface area contributed by atoms with Crippen molar-refractivity contribution in [1.29, 1.82) is 0 Å². The third-order valence-electron chi connectivity index (χ3n) is 5.28. The third-order valence-corrected chi connectivity index (χ3v) is 5.28. The van der Waals surface area contributed by atoms with Crippen LogP contribution in [0.25, 0.3) is 0 Å². The Morgan fingerprint density at radius 3 is 2.96 bits per heavy atom. The van der Waals surface area contributed by atoms with Gasteiger partial charge in [0.15, 0.2) is 0 Å². The highest BCUT2D eigenvalue weighted by Gasteiger charge is 2.39. The highest BCUT2D eigenvalue weighted by Crippen LogP contribution is 2.33. The zero-order valence-electron chi connectivity index (χ0n) is 15.2. The SMILES string of the molecule is CCOc1ncccc1CNC(=O)[C@H]1CCO[C@@H]1C1CCN(C)CC1. The molecule has 6 heteroatoms. The van der Waals surface area contributed by atoms with E-state index in [2.05, 4.69) is 22.2 Å². The lowest BCUT2D eigenvalue weighted by Crippen LogP contribution is -2.42. The Balaban J connectivity index is 1.57. The Morgan fingerprint density at radius 1 is 1.40 bits per heavy atom. The summed E-state index contributed by atoms with van der Waals surface area (Å²) in [5, 5.41) is 3.07. The highest BCUT2D eigenvalue weighted by atomic mass is 16.5. The molecule has 25 heavy (non-hydrogen) atoms. The van der Waals surface area contributed by atoms with E-state index < -0.39 is 0 Å². The summed E-state index contributed by atoms with van der Waals surface area (Å²) < 4.78 is 11.5. The second-order valence-electron chi connectivity index (χ2n) is 6.99. The lowest BCUT2D eigenvalue weighted by Gasteiger charge is -2.34. The molecule has 0 radical (unpaired) electrons. The zero-order chi connectivity index (χ0) is 17.6. The number of pyridine rings is 1. The van der Waals surface area contributed by atoms with E-state index >= 15 is 0 Å². The summed E-state index contributed by atoms with van der Waals surface area (Å²) in [4.78, 5) is 19.3. The largest absolute Gasteiger partial charge is 0.478 e. The molecule has 1 N–H and O–H groups in total. The predicted molar refractivity (Wildman–Crippen MR) is 95.3 cm³/mol. The lowest BCUT2D eigenvalue weighted by molar-refractivity contribution is -0.128. The number of aromatic nitrogens is 1. The fourth-order valence-corrected chi connectivity index (χ4v) is 3.85. The van der Waals surface area contributed by atoms with Gasteiger partial charge in [0.2, 0.25) is 11.8 Å². The third kappa shape index (κ3) is 4.50. The van der Waals surface area contributed by atoms with E-state index in [1.165, 1.54) is 0 Å². The Hall–Kier alpha value is -1.66. The van der Waals surface area contributed by atoms with Crippen molar-refractivity contribution in [2.45, 2.75) is 38.8 Å². The fraction of sp³-hybridized carbons (Fsp3) is 0.684. The van der Waals surface area contributed by atoms with E-state index in [0.29, 0.717) is 31.6 Å². The summed E-state index contributed by atoms with van der Waals surface area (Å²) in [5.74, 6) is 1.14. The van der Waals surface area contributed by atoms with Gasteiger partial charge in [0.25, 0.3) is 0 Å². The van der Waals surface area contributed by atoms with Crippen molar-refractivity contribution < 1.29 is 14.3 Å². The molecule has 3 heterocycles. The van der Waals surface area contributed by atoms with Crippen LogP contribution in [-0.2, 0) is 16.1 Å². The number of nitrogens with one attached hydrogen (secondary N) is 1. The minimum absolute atomic E-state index is 0.0411. The van der Waals surface area contributed by atoms with Gasteiger partial charge in [-0.15, -0.1) is 0 Å². The van der Waals surface area contributed by atoms with Crippen LogP contribution in [0, 0.1) is 11.8 Å². The average Bonchev–Trinajstić information content (AvgIpc) is 3.11. The standard InChI is InChI=1S/C19H29N3O3/c1-3-24-19-15(5-4-9-20-19)13-21-18(23)16-8-12-25-17(16)14-6-10-22(2)11-7-14/h4-5,9,14,16-17H,3,6-8,10-13H2,1-2H3,(H,21,23)/t16-,17+/m0/s1. The molecule has 0 unspecified atom stereocenters. The molecule has 2 aliphatic rings. The smallest absolute Gasteiger partial charge is 0.226 e. The first-order valence-corrected chi connectivity index (χ1v) is 9.33. The number of rotatable bonds is 6. The van der Waals surface area contributed by atoms with Gasteiger partial charge in [-0.2, -0.15) is 0 Å². The first kappa shape index (κ1) is 18.1. The molecule has 2 fully saturated rings. The molecule has 6 nitrogen and oxygen atoms in total. The van der Waals surface area contributed by atoms with Crippen molar-refractivity contribution in [3.63, 3.8) is 0 Å². The number of ether oxygens (including phenoxy) is 2. The van der Waals surface area contributed by atoms with Crippen molar-refractivity contribution in [3.8, 4) is 5.88 Å². The minimum atomic E-state index is -0.0411. The number of likely N-dealkylation sites (tertiary alicyclic amines) is 1. The molecule has 0 bridgehead atoms. The maximum Gasteiger partial charge on any atom is 0.226 e. The van der Waals surface area contributed by atoms with Crippen LogP contribution in [0.1, 0.15) is 31.7 Å². The molecule has 1 amide bonds. The van der Waals surface area contributed by atoms with Crippen LogP contribution in [0.3, 0.4) is 0 Å². The van der Waals surface area contributed by atoms with E-state index in [1.54, 1.807) is 6.20 Å². The number of carbonyl (C=O) groups excluding carboxylic acids is 1. The summed E-state index contributed by atoms with van der Waals surface area (Å²) >= 11 is 0. The molecule has 0 aliphatic carbocycles. The topological polar surface area (TPSA) is 63.7 Å². The van der Waals surface area contributed by atoms with Gasteiger partial charge in [0, 0.05) is 24.9 Å². The van der Waals surface area contributed by atoms with E-state index in [-0.39, 0.29) is 17.9 Å². The quantitative estimate of drug-likeness (QED) is 0.851. The fourth-order valence-electron chi connectivity index (χ4n) is 3.85. The Bertz CT molecular complexity index is 573. The van der Waals surface area contributed by atoms with Gasteiger partial charge in [-0.1, -0.05) is 6.07 Å². The van der Waals surface area contributed by atoms with Crippen LogP contribution in [0.2, 0.25) is 0 Å². The maximum absolute atomic E-state index is 12.7. The second-order valence-corrected chi connectivity index (χ2v) is 6.99. The molecule has 3 rings (SSSR count). The highest BCUT2D eigenvalue weighted by molar-refractivity contribution is 5.79. The van der Waals surface area contributed by atoms with Gasteiger partial charge < -0.3 is 19.7 Å². The second kappa shape index (κ2) is 8.63. The van der Waals surface area contributed by atoms with Gasteiger partial charge in [0.1, 0.15) is 0 Å². The van der Waals surface area contributed by atoms with Gasteiger partial charge >= 0.3 is 0 Å². The molecule has 2 aliphatic heterocycles. The monoisotopic (exact) mass is 347 g/mol. The molecule has 138 valence electrons. The first-order chi connectivity index (χ1) is 12.2. The molecule has 2 atom stereocenters. The molecule has 1 aromatic heterocycles. The van der Waals surface area contributed by atoms with E-state index in [0.717, 1.165) is 37.9 Å². The molecule has 0 spiro atoms. The van der Waals surface area contributed by atoms with Gasteiger partial charge in [0.05, 0.1) is 18.6 Å². The molecule has 2 saturated heterocycles. The maximum atomic E-state index is 12.7. The number of nitrogens with zero attached hydrogens (tertiary/aromatic N) is 2. The molecular weight excluding hydrogens is 318 g/mol. The Labute approximate surface area is 149 Å². The summed E-state index contributed by atoms with van der Waals surface area (Å²) in [6, 6.07) is 3.81. The summed E-state index contributed by atoms with van der Waals surface area (Å²) in [7, 11) is 2.15. The minimum Gasteiger partial charge on any atom is -0.478 e. The molecular formula is C19H29N3O3. The lowest BCUT2D eigenvalue weighted by atomic mass is 9.84. The number of amides is 1. The van der Waals surface area contributed by atoms with Crippen molar-refractivity contribution >= 4 is 5.91 Å². The predicted octanol–water partition coefficient (Wildman–Crippen LogP) is 1.84. The number of hydrogen-bond acceptors (Lipinski definition) is 5. The Kier molecular flexibility index (Phi) is 6.26. The van der Waals surface area contributed by atoms with Gasteiger partial charge in [-0.05, 0) is 58.3 Å². The summed E-state index contributed by atoms with van der Waals surface area (Å²) in [5.41, 5.74) is 0.910.